The third kappa shape index (κ3) is 10.3. The van der Waals surface area contributed by atoms with E-state index in [-0.39, 0.29) is 11.3 Å². The standard InChI is InChI=1S/C19H17FS.C15H16BFO2.C4H3BrS/c1-2-4-14-6-8-15(9-7-14)16-10-11-17(18(20)13-16)19-5-3-12-21-19;1-2-3-11-4-6-12(7-5-11)13-8-9-14(16(18)19)15(17)10-13;5-4-2-1-3-6-4/h3,5-13H,2,4H2,1H3;4-10,18-19H,2-3H2,1H3;1-3H. The van der Waals surface area contributed by atoms with Crippen LogP contribution >= 0.6 is 38.6 Å². The molecule has 0 spiro atoms. The van der Waals surface area contributed by atoms with Crippen molar-refractivity contribution < 1.29 is 18.8 Å². The maximum atomic E-state index is 14.3. The number of halogens is 3. The first-order valence-electron chi connectivity index (χ1n) is 15.2. The van der Waals surface area contributed by atoms with Gasteiger partial charge < -0.3 is 10.0 Å². The highest BCUT2D eigenvalue weighted by atomic mass is 79.9. The Kier molecular flexibility index (Phi) is 13.9. The van der Waals surface area contributed by atoms with E-state index in [9.17, 15) is 8.78 Å². The fourth-order valence-electron chi connectivity index (χ4n) is 4.81. The number of benzene rings is 4. The lowest BCUT2D eigenvalue weighted by atomic mass is 9.79. The van der Waals surface area contributed by atoms with Crippen molar-refractivity contribution in [3.63, 3.8) is 0 Å². The lowest BCUT2D eigenvalue weighted by Crippen LogP contribution is -2.32. The van der Waals surface area contributed by atoms with E-state index in [1.807, 2.05) is 71.4 Å². The fourth-order valence-corrected chi connectivity index (χ4v) is 6.48. The summed E-state index contributed by atoms with van der Waals surface area (Å²) in [5.74, 6) is -0.766. The highest BCUT2D eigenvalue weighted by Gasteiger charge is 2.16. The molecule has 6 rings (SSSR count). The fraction of sp³-hybridized carbons (Fsp3) is 0.158. The summed E-state index contributed by atoms with van der Waals surface area (Å²) in [4.78, 5) is 0.970. The molecule has 0 aliphatic carbocycles. The van der Waals surface area contributed by atoms with E-state index in [1.165, 1.54) is 27.0 Å². The van der Waals surface area contributed by atoms with Gasteiger partial charge in [0.05, 0.1) is 3.79 Å². The van der Waals surface area contributed by atoms with E-state index in [4.69, 9.17) is 10.0 Å². The molecule has 0 radical (unpaired) electrons. The van der Waals surface area contributed by atoms with Crippen molar-refractivity contribution in [1.29, 1.82) is 0 Å². The molecule has 2 heterocycles. The summed E-state index contributed by atoms with van der Waals surface area (Å²) in [6.07, 6.45) is 4.36. The number of hydrogen-bond acceptors (Lipinski definition) is 4. The maximum Gasteiger partial charge on any atom is 0.491 e. The Hall–Kier alpha value is -3.40. The van der Waals surface area contributed by atoms with Crippen molar-refractivity contribution in [2.24, 2.45) is 0 Å². The normalized spacial score (nSPS) is 10.4. The van der Waals surface area contributed by atoms with Gasteiger partial charge in [-0.25, -0.2) is 8.78 Å². The van der Waals surface area contributed by atoms with Gasteiger partial charge in [0, 0.05) is 15.9 Å². The number of hydrogen-bond donors (Lipinski definition) is 2. The van der Waals surface area contributed by atoms with Gasteiger partial charge in [-0.15, -0.1) is 22.7 Å². The zero-order valence-corrected chi connectivity index (χ0v) is 29.0. The van der Waals surface area contributed by atoms with Gasteiger partial charge in [0.25, 0.3) is 0 Å². The first kappa shape index (κ1) is 35.5. The second-order valence-corrected chi connectivity index (χ2v) is 13.9. The van der Waals surface area contributed by atoms with E-state index >= 15 is 0 Å². The predicted molar refractivity (Wildman–Crippen MR) is 197 cm³/mol. The van der Waals surface area contributed by atoms with Gasteiger partial charge in [-0.1, -0.05) is 106 Å². The van der Waals surface area contributed by atoms with Crippen molar-refractivity contribution in [2.45, 2.75) is 39.5 Å². The maximum absolute atomic E-state index is 14.3. The van der Waals surface area contributed by atoms with Gasteiger partial charge in [0.2, 0.25) is 0 Å². The molecular weight excluding hydrogens is 681 g/mol. The smallest absolute Gasteiger partial charge is 0.423 e. The van der Waals surface area contributed by atoms with Crippen LogP contribution in [-0.2, 0) is 12.8 Å². The Morgan fingerprint density at radius 2 is 1.11 bits per heavy atom. The second-order valence-electron chi connectivity index (χ2n) is 10.6. The molecule has 8 heteroatoms. The van der Waals surface area contributed by atoms with Crippen molar-refractivity contribution in [1.82, 2.24) is 0 Å². The Bertz CT molecular complexity index is 1760. The molecule has 0 amide bonds. The quantitative estimate of drug-likeness (QED) is 0.154. The van der Waals surface area contributed by atoms with Gasteiger partial charge in [0.1, 0.15) is 11.6 Å². The van der Waals surface area contributed by atoms with Gasteiger partial charge in [-0.2, -0.15) is 0 Å². The third-order valence-electron chi connectivity index (χ3n) is 7.17. The zero-order valence-electron chi connectivity index (χ0n) is 25.8. The molecule has 46 heavy (non-hydrogen) atoms. The molecular formula is C38H36BBrF2O2S2. The summed E-state index contributed by atoms with van der Waals surface area (Å²) < 4.78 is 29.2. The van der Waals surface area contributed by atoms with E-state index in [1.54, 1.807) is 34.8 Å². The molecule has 6 aromatic rings. The second kappa shape index (κ2) is 18.1. The molecule has 0 saturated carbocycles. The Balaban J connectivity index is 0.000000177. The van der Waals surface area contributed by atoms with Gasteiger partial charge >= 0.3 is 7.12 Å². The lowest BCUT2D eigenvalue weighted by Gasteiger charge is -2.07. The van der Waals surface area contributed by atoms with E-state index < -0.39 is 12.9 Å². The Labute approximate surface area is 287 Å². The minimum Gasteiger partial charge on any atom is -0.423 e. The summed E-state index contributed by atoms with van der Waals surface area (Å²) in [5, 5.41) is 22.0. The minimum absolute atomic E-state index is 0.105. The molecule has 0 fully saturated rings. The molecule has 0 bridgehead atoms. The zero-order chi connectivity index (χ0) is 32.9. The molecule has 0 atom stereocenters. The Morgan fingerprint density at radius 3 is 1.50 bits per heavy atom. The van der Waals surface area contributed by atoms with E-state index in [0.717, 1.165) is 52.8 Å². The van der Waals surface area contributed by atoms with Crippen molar-refractivity contribution in [2.75, 3.05) is 0 Å². The molecule has 0 unspecified atom stereocenters. The largest absolute Gasteiger partial charge is 0.491 e. The molecule has 4 aromatic carbocycles. The molecule has 2 nitrogen and oxygen atoms in total. The predicted octanol–water partition coefficient (Wildman–Crippen LogP) is 10.8. The molecule has 0 aliphatic rings. The minimum atomic E-state index is -1.78. The summed E-state index contributed by atoms with van der Waals surface area (Å²) in [7, 11) is -1.78. The number of thiophene rings is 2. The van der Waals surface area contributed by atoms with Crippen LogP contribution in [0.1, 0.15) is 37.8 Å². The van der Waals surface area contributed by atoms with Crippen LogP contribution in [0.4, 0.5) is 8.78 Å². The van der Waals surface area contributed by atoms with Crippen LogP contribution in [0, 0.1) is 11.6 Å². The average molecular weight is 718 g/mol. The van der Waals surface area contributed by atoms with Gasteiger partial charge in [0.15, 0.2) is 0 Å². The van der Waals surface area contributed by atoms with E-state index in [2.05, 4.69) is 54.0 Å². The monoisotopic (exact) mass is 716 g/mol. The summed E-state index contributed by atoms with van der Waals surface area (Å²) >= 11 is 6.55. The van der Waals surface area contributed by atoms with Gasteiger partial charge in [-0.3, -0.25) is 0 Å². The van der Waals surface area contributed by atoms with Crippen LogP contribution in [0.25, 0.3) is 32.7 Å². The van der Waals surface area contributed by atoms with Crippen LogP contribution in [0.5, 0.6) is 0 Å². The first-order chi connectivity index (χ1) is 22.3. The molecule has 2 N–H and O–H groups in total. The van der Waals surface area contributed by atoms with Crippen LogP contribution in [0.3, 0.4) is 0 Å². The van der Waals surface area contributed by atoms with Crippen molar-refractivity contribution >= 4 is 51.2 Å². The average Bonchev–Trinajstić information content (AvgIpc) is 3.77. The molecule has 2 aromatic heterocycles. The number of aryl methyl sites for hydroxylation is 2. The van der Waals surface area contributed by atoms with Crippen LogP contribution < -0.4 is 5.46 Å². The third-order valence-corrected chi connectivity index (χ3v) is 9.56. The summed E-state index contributed by atoms with van der Waals surface area (Å²) in [5.41, 5.74) is 6.79. The van der Waals surface area contributed by atoms with Gasteiger partial charge in [-0.05, 0) is 103 Å². The summed E-state index contributed by atoms with van der Waals surface area (Å²) in [6, 6.07) is 34.2. The van der Waals surface area contributed by atoms with Crippen LogP contribution in [-0.4, -0.2) is 17.2 Å². The highest BCUT2D eigenvalue weighted by Crippen LogP contribution is 2.31. The lowest BCUT2D eigenvalue weighted by molar-refractivity contribution is 0.423. The Morgan fingerprint density at radius 1 is 0.609 bits per heavy atom. The summed E-state index contributed by atoms with van der Waals surface area (Å²) in [6.45, 7) is 4.30. The van der Waals surface area contributed by atoms with Crippen LogP contribution in [0.15, 0.2) is 124 Å². The topological polar surface area (TPSA) is 40.5 Å². The SMILES string of the molecule is Brc1cccs1.CCCc1ccc(-c2ccc(-c3cccs3)c(F)c2)cc1.CCCc1ccc(-c2ccc(B(O)O)c(F)c2)cc1. The first-order valence-corrected chi connectivity index (χ1v) is 17.7. The highest BCUT2D eigenvalue weighted by molar-refractivity contribution is 9.11. The van der Waals surface area contributed by atoms with E-state index in [0.29, 0.717) is 5.56 Å². The molecule has 0 aliphatic heterocycles. The van der Waals surface area contributed by atoms with Crippen LogP contribution in [0.2, 0.25) is 0 Å². The van der Waals surface area contributed by atoms with Crippen molar-refractivity contribution in [3.8, 4) is 32.7 Å². The van der Waals surface area contributed by atoms with Crippen molar-refractivity contribution in [3.05, 3.63) is 147 Å². The molecule has 0 saturated heterocycles. The number of rotatable bonds is 8. The molecule has 236 valence electrons.